The number of anilines is 1. The van der Waals surface area contributed by atoms with Crippen molar-refractivity contribution in [2.75, 3.05) is 23.7 Å². The highest BCUT2D eigenvalue weighted by atomic mass is 35.5. The van der Waals surface area contributed by atoms with Crippen molar-refractivity contribution in [1.82, 2.24) is 5.43 Å². The van der Waals surface area contributed by atoms with Crippen molar-refractivity contribution in [1.29, 1.82) is 0 Å². The average Bonchev–Trinajstić information content (AvgIpc) is 2.65. The van der Waals surface area contributed by atoms with Gasteiger partial charge in [-0.05, 0) is 67.9 Å². The molecular weight excluding hydrogens is 402 g/mol. The molecule has 0 spiro atoms. The predicted molar refractivity (Wildman–Crippen MR) is 112 cm³/mol. The Labute approximate surface area is 170 Å². The van der Waals surface area contributed by atoms with Gasteiger partial charge >= 0.3 is 0 Å². The second kappa shape index (κ2) is 9.57. The van der Waals surface area contributed by atoms with Crippen molar-refractivity contribution in [3.05, 3.63) is 59.1 Å². The van der Waals surface area contributed by atoms with Crippen LogP contribution in [-0.2, 0) is 14.8 Å². The van der Waals surface area contributed by atoms with E-state index < -0.39 is 22.5 Å². The number of halogens is 1. The minimum atomic E-state index is -3.66. The van der Waals surface area contributed by atoms with Gasteiger partial charge in [0.2, 0.25) is 10.0 Å². The van der Waals surface area contributed by atoms with E-state index in [2.05, 4.69) is 10.5 Å². The van der Waals surface area contributed by atoms with Crippen molar-refractivity contribution < 1.29 is 17.9 Å². The van der Waals surface area contributed by atoms with E-state index in [0.29, 0.717) is 23.0 Å². The van der Waals surface area contributed by atoms with Gasteiger partial charge in [0.25, 0.3) is 5.91 Å². The first-order valence-corrected chi connectivity index (χ1v) is 10.7. The monoisotopic (exact) mass is 423 g/mol. The van der Waals surface area contributed by atoms with Gasteiger partial charge in [-0.2, -0.15) is 5.10 Å². The first kappa shape index (κ1) is 21.7. The van der Waals surface area contributed by atoms with Gasteiger partial charge in [-0.3, -0.25) is 9.10 Å². The van der Waals surface area contributed by atoms with Crippen molar-refractivity contribution in [2.45, 2.75) is 13.8 Å². The fourth-order valence-electron chi connectivity index (χ4n) is 2.34. The Kier molecular flexibility index (Phi) is 7.42. The molecule has 0 atom stereocenters. The molecule has 0 fully saturated rings. The lowest BCUT2D eigenvalue weighted by Crippen LogP contribution is -2.39. The zero-order valence-electron chi connectivity index (χ0n) is 15.8. The Hall–Kier alpha value is -2.58. The van der Waals surface area contributed by atoms with Gasteiger partial charge in [0.1, 0.15) is 12.3 Å². The molecule has 0 aliphatic rings. The molecule has 0 aliphatic carbocycles. The lowest BCUT2D eigenvalue weighted by molar-refractivity contribution is -0.119. The van der Waals surface area contributed by atoms with Gasteiger partial charge < -0.3 is 4.74 Å². The lowest BCUT2D eigenvalue weighted by atomic mass is 10.1. The van der Waals surface area contributed by atoms with E-state index in [9.17, 15) is 13.2 Å². The largest absolute Gasteiger partial charge is 0.494 e. The molecule has 0 bridgehead atoms. The summed E-state index contributed by atoms with van der Waals surface area (Å²) in [6.07, 6.45) is 1.03. The summed E-state index contributed by atoms with van der Waals surface area (Å²) in [5.74, 6) is 0.181. The van der Waals surface area contributed by atoms with Crippen LogP contribution in [0, 0.1) is 0 Å². The summed E-state index contributed by atoms with van der Waals surface area (Å²) in [7, 11) is -3.66. The van der Waals surface area contributed by atoms with E-state index in [1.807, 2.05) is 31.2 Å². The summed E-state index contributed by atoms with van der Waals surface area (Å²) >= 11 is 5.83. The Morgan fingerprint density at radius 2 is 1.75 bits per heavy atom. The zero-order valence-corrected chi connectivity index (χ0v) is 17.4. The number of carbonyl (C=O) groups is 1. The number of hydrogen-bond donors (Lipinski definition) is 1. The first-order valence-electron chi connectivity index (χ1n) is 8.50. The Balaban J connectivity index is 2.07. The second-order valence-corrected chi connectivity index (χ2v) is 8.28. The molecule has 1 amide bonds. The molecule has 28 heavy (non-hydrogen) atoms. The van der Waals surface area contributed by atoms with E-state index >= 15 is 0 Å². The highest BCUT2D eigenvalue weighted by Crippen LogP contribution is 2.20. The second-order valence-electron chi connectivity index (χ2n) is 5.94. The van der Waals surface area contributed by atoms with Crippen LogP contribution >= 0.6 is 11.6 Å². The van der Waals surface area contributed by atoms with Crippen LogP contribution in [0.1, 0.15) is 19.4 Å². The molecule has 0 aliphatic heterocycles. The van der Waals surface area contributed by atoms with Crippen LogP contribution < -0.4 is 14.5 Å². The Morgan fingerprint density at radius 1 is 1.14 bits per heavy atom. The zero-order chi connectivity index (χ0) is 20.7. The maximum absolute atomic E-state index is 12.2. The molecule has 1 N–H and O–H groups in total. The van der Waals surface area contributed by atoms with Gasteiger partial charge in [0, 0.05) is 5.02 Å². The molecule has 0 saturated heterocycles. The van der Waals surface area contributed by atoms with Crippen molar-refractivity contribution in [3.63, 3.8) is 0 Å². The predicted octanol–water partition coefficient (Wildman–Crippen LogP) is 3.05. The van der Waals surface area contributed by atoms with Crippen LogP contribution in [0.2, 0.25) is 5.02 Å². The standard InChI is InChI=1S/C19H22ClN3O4S/c1-4-27-18-11-5-15(6-12-18)14(2)21-22-19(24)13-23(28(3,25)26)17-9-7-16(20)8-10-17/h5-12H,4,13H2,1-3H3,(H,22,24)/b21-14+. The fraction of sp³-hybridized carbons (Fsp3) is 0.263. The van der Waals surface area contributed by atoms with Gasteiger partial charge in [0.05, 0.1) is 24.3 Å². The summed E-state index contributed by atoms with van der Waals surface area (Å²) in [5, 5.41) is 4.52. The minimum absolute atomic E-state index is 0.342. The maximum atomic E-state index is 12.2. The van der Waals surface area contributed by atoms with E-state index in [-0.39, 0.29) is 0 Å². The number of sulfonamides is 1. The third-order valence-electron chi connectivity index (χ3n) is 3.73. The van der Waals surface area contributed by atoms with Crippen molar-refractivity contribution in [3.8, 4) is 5.75 Å². The van der Waals surface area contributed by atoms with E-state index in [0.717, 1.165) is 21.9 Å². The molecule has 150 valence electrons. The van der Waals surface area contributed by atoms with Gasteiger partial charge in [0.15, 0.2) is 0 Å². The number of amides is 1. The molecular formula is C19H22ClN3O4S. The van der Waals surface area contributed by atoms with Crippen molar-refractivity contribution in [2.24, 2.45) is 5.10 Å². The van der Waals surface area contributed by atoms with Crippen molar-refractivity contribution >= 4 is 38.9 Å². The highest BCUT2D eigenvalue weighted by molar-refractivity contribution is 7.92. The van der Waals surface area contributed by atoms with E-state index in [1.165, 1.54) is 12.1 Å². The Morgan fingerprint density at radius 3 is 2.29 bits per heavy atom. The fourth-order valence-corrected chi connectivity index (χ4v) is 3.33. The number of hydrazone groups is 1. The molecule has 0 aromatic heterocycles. The number of benzene rings is 2. The number of rotatable bonds is 8. The number of ether oxygens (including phenoxy) is 1. The van der Waals surface area contributed by atoms with Crippen LogP contribution in [-0.4, -0.2) is 39.4 Å². The summed E-state index contributed by atoms with van der Waals surface area (Å²) < 4.78 is 30.5. The molecule has 0 saturated carbocycles. The molecule has 7 nitrogen and oxygen atoms in total. The molecule has 2 rings (SSSR count). The topological polar surface area (TPSA) is 88.1 Å². The number of nitrogens with one attached hydrogen (secondary N) is 1. The Bertz CT molecular complexity index is 942. The summed E-state index contributed by atoms with van der Waals surface area (Å²) in [6, 6.07) is 13.5. The highest BCUT2D eigenvalue weighted by Gasteiger charge is 2.20. The van der Waals surface area contributed by atoms with Crippen LogP contribution in [0.15, 0.2) is 53.6 Å². The normalized spacial score (nSPS) is 11.8. The quantitative estimate of drug-likeness (QED) is 0.522. The van der Waals surface area contributed by atoms with E-state index in [4.69, 9.17) is 16.3 Å². The molecule has 9 heteroatoms. The van der Waals surface area contributed by atoms with Crippen LogP contribution in [0.5, 0.6) is 5.75 Å². The molecule has 2 aromatic carbocycles. The molecule has 0 heterocycles. The number of hydrogen-bond acceptors (Lipinski definition) is 5. The van der Waals surface area contributed by atoms with Gasteiger partial charge in [-0.15, -0.1) is 0 Å². The van der Waals surface area contributed by atoms with Gasteiger partial charge in [-0.25, -0.2) is 13.8 Å². The lowest BCUT2D eigenvalue weighted by Gasteiger charge is -2.21. The average molecular weight is 424 g/mol. The van der Waals surface area contributed by atoms with Gasteiger partial charge in [-0.1, -0.05) is 11.6 Å². The minimum Gasteiger partial charge on any atom is -0.494 e. The van der Waals surface area contributed by atoms with E-state index in [1.54, 1.807) is 19.1 Å². The summed E-state index contributed by atoms with van der Waals surface area (Å²) in [6.45, 7) is 3.82. The summed E-state index contributed by atoms with van der Waals surface area (Å²) in [5.41, 5.74) is 4.12. The third-order valence-corrected chi connectivity index (χ3v) is 5.13. The number of nitrogens with zero attached hydrogens (tertiary/aromatic N) is 2. The van der Waals surface area contributed by atoms with Crippen LogP contribution in [0.3, 0.4) is 0 Å². The third kappa shape index (κ3) is 6.24. The first-order chi connectivity index (χ1) is 13.2. The smallest absolute Gasteiger partial charge is 0.260 e. The van der Waals surface area contributed by atoms with Crippen LogP contribution in [0.25, 0.3) is 0 Å². The number of carbonyl (C=O) groups excluding carboxylic acids is 1. The summed E-state index contributed by atoms with van der Waals surface area (Å²) in [4.78, 5) is 12.2. The van der Waals surface area contributed by atoms with Crippen LogP contribution in [0.4, 0.5) is 5.69 Å². The SMILES string of the molecule is CCOc1ccc(/C(C)=N/NC(=O)CN(c2ccc(Cl)cc2)S(C)(=O)=O)cc1. The molecule has 0 unspecified atom stereocenters. The molecule has 2 aromatic rings. The molecule has 0 radical (unpaired) electrons. The maximum Gasteiger partial charge on any atom is 0.260 e.